The zero-order chi connectivity index (χ0) is 20.1. The molecular formula is C22H33NO4. The van der Waals surface area contributed by atoms with Gasteiger partial charge in [0.15, 0.2) is 0 Å². The third-order valence-electron chi connectivity index (χ3n) is 4.64. The summed E-state index contributed by atoms with van der Waals surface area (Å²) >= 11 is 0. The molecule has 1 amide bonds. The van der Waals surface area contributed by atoms with Gasteiger partial charge in [0.05, 0.1) is 12.1 Å². The molecule has 1 saturated heterocycles. The van der Waals surface area contributed by atoms with Gasteiger partial charge in [-0.1, -0.05) is 38.2 Å². The molecule has 3 atom stereocenters. The lowest BCUT2D eigenvalue weighted by Gasteiger charge is -2.21. The average molecular weight is 376 g/mol. The van der Waals surface area contributed by atoms with E-state index in [0.29, 0.717) is 32.2 Å². The fraction of sp³-hybridized carbons (Fsp3) is 0.636. The number of carbonyl (C=O) groups excluding carboxylic acids is 1. The molecule has 5 heteroatoms. The molecule has 0 unspecified atom stereocenters. The number of aliphatic hydroxyl groups is 1. The van der Waals surface area contributed by atoms with Crippen LogP contribution in [0.4, 0.5) is 0 Å². The molecule has 1 aliphatic rings. The molecule has 0 aromatic heterocycles. The Morgan fingerprint density at radius 1 is 1.37 bits per heavy atom. The van der Waals surface area contributed by atoms with E-state index >= 15 is 0 Å². The lowest BCUT2D eigenvalue weighted by atomic mass is 10.00. The first-order chi connectivity index (χ1) is 13.0. The van der Waals surface area contributed by atoms with Crippen LogP contribution in [-0.4, -0.2) is 45.7 Å². The highest BCUT2D eigenvalue weighted by Crippen LogP contribution is 2.20. The average Bonchev–Trinajstić information content (AvgIpc) is 2.99. The lowest BCUT2D eigenvalue weighted by Crippen LogP contribution is -2.32. The number of aliphatic hydroxyl groups excluding tert-OH is 1. The highest BCUT2D eigenvalue weighted by atomic mass is 16.4. The van der Waals surface area contributed by atoms with Gasteiger partial charge >= 0.3 is 5.97 Å². The molecule has 1 rings (SSSR count). The summed E-state index contributed by atoms with van der Waals surface area (Å²) in [6.07, 6.45) is 12.4. The molecule has 0 radical (unpaired) electrons. The molecule has 27 heavy (non-hydrogen) atoms. The third kappa shape index (κ3) is 9.44. The number of nitrogens with zero attached hydrogens (tertiary/aromatic N) is 1. The van der Waals surface area contributed by atoms with Crippen molar-refractivity contribution in [2.24, 2.45) is 5.92 Å². The molecule has 0 saturated carbocycles. The number of carboxylic acids is 1. The van der Waals surface area contributed by atoms with E-state index < -0.39 is 12.1 Å². The van der Waals surface area contributed by atoms with Gasteiger partial charge in [0.1, 0.15) is 0 Å². The van der Waals surface area contributed by atoms with Crippen LogP contribution >= 0.6 is 0 Å². The van der Waals surface area contributed by atoms with Crippen LogP contribution in [0.2, 0.25) is 0 Å². The fourth-order valence-electron chi connectivity index (χ4n) is 2.87. The van der Waals surface area contributed by atoms with E-state index in [-0.39, 0.29) is 24.3 Å². The third-order valence-corrected chi connectivity index (χ3v) is 4.64. The number of aliphatic carboxylic acids is 1. The number of hydrogen-bond donors (Lipinski definition) is 2. The van der Waals surface area contributed by atoms with E-state index in [0.717, 1.165) is 19.3 Å². The predicted molar refractivity (Wildman–Crippen MR) is 107 cm³/mol. The maximum absolute atomic E-state index is 12.1. The van der Waals surface area contributed by atoms with E-state index in [4.69, 9.17) is 5.11 Å². The summed E-state index contributed by atoms with van der Waals surface area (Å²) in [6, 6.07) is 0.00851. The molecule has 0 aliphatic carbocycles. The van der Waals surface area contributed by atoms with Crippen molar-refractivity contribution in [1.82, 2.24) is 4.90 Å². The SMILES string of the molecule is CCCC#CC[C@H](C)[C@H](O)/C=C/[C@H]1CCC(=O)N1C/C=C/CCCC(=O)O. The second-order valence-corrected chi connectivity index (χ2v) is 7.07. The quantitative estimate of drug-likeness (QED) is 0.329. The van der Waals surface area contributed by atoms with Gasteiger partial charge in [0.25, 0.3) is 0 Å². The molecule has 0 aromatic carbocycles. The van der Waals surface area contributed by atoms with Crippen LogP contribution in [0.5, 0.6) is 0 Å². The normalized spacial score (nSPS) is 19.4. The van der Waals surface area contributed by atoms with E-state index in [1.54, 1.807) is 6.08 Å². The Morgan fingerprint density at radius 2 is 2.15 bits per heavy atom. The van der Waals surface area contributed by atoms with Crippen molar-refractivity contribution in [2.75, 3.05) is 6.54 Å². The topological polar surface area (TPSA) is 77.8 Å². The zero-order valence-corrected chi connectivity index (χ0v) is 16.6. The molecule has 1 fully saturated rings. The molecule has 0 spiro atoms. The van der Waals surface area contributed by atoms with Gasteiger partial charge in [-0.3, -0.25) is 9.59 Å². The first-order valence-electron chi connectivity index (χ1n) is 9.94. The van der Waals surface area contributed by atoms with Gasteiger partial charge in [0.2, 0.25) is 5.91 Å². The molecule has 0 bridgehead atoms. The van der Waals surface area contributed by atoms with E-state index in [9.17, 15) is 14.7 Å². The van der Waals surface area contributed by atoms with Crippen molar-refractivity contribution < 1.29 is 19.8 Å². The molecule has 1 heterocycles. The Bertz CT molecular complexity index is 585. The van der Waals surface area contributed by atoms with Gasteiger partial charge in [-0.25, -0.2) is 0 Å². The van der Waals surface area contributed by atoms with Crippen LogP contribution < -0.4 is 0 Å². The molecule has 5 nitrogen and oxygen atoms in total. The Hall–Kier alpha value is -2.06. The Labute approximate surface area is 163 Å². The largest absolute Gasteiger partial charge is 0.481 e. The van der Waals surface area contributed by atoms with Crippen LogP contribution in [0, 0.1) is 17.8 Å². The van der Waals surface area contributed by atoms with Crippen molar-refractivity contribution in [3.05, 3.63) is 24.3 Å². The number of unbranched alkanes of at least 4 members (excludes halogenated alkanes) is 2. The molecule has 2 N–H and O–H groups in total. The molecule has 150 valence electrons. The minimum absolute atomic E-state index is 0.00851. The van der Waals surface area contributed by atoms with Crippen molar-refractivity contribution in [3.63, 3.8) is 0 Å². The summed E-state index contributed by atoms with van der Waals surface area (Å²) in [4.78, 5) is 24.4. The highest BCUT2D eigenvalue weighted by molar-refractivity contribution is 5.79. The van der Waals surface area contributed by atoms with Crippen molar-refractivity contribution in [3.8, 4) is 11.8 Å². The summed E-state index contributed by atoms with van der Waals surface area (Å²) in [6.45, 7) is 4.59. The van der Waals surface area contributed by atoms with Gasteiger partial charge in [-0.2, -0.15) is 0 Å². The maximum atomic E-state index is 12.1. The van der Waals surface area contributed by atoms with Crippen LogP contribution in [0.1, 0.15) is 65.2 Å². The summed E-state index contributed by atoms with van der Waals surface area (Å²) < 4.78 is 0. The van der Waals surface area contributed by atoms with Crippen molar-refractivity contribution in [2.45, 2.75) is 77.4 Å². The summed E-state index contributed by atoms with van der Waals surface area (Å²) in [7, 11) is 0. The number of allylic oxidation sites excluding steroid dienone is 1. The van der Waals surface area contributed by atoms with Crippen LogP contribution in [-0.2, 0) is 9.59 Å². The smallest absolute Gasteiger partial charge is 0.303 e. The Kier molecular flexibility index (Phi) is 11.2. The first-order valence-corrected chi connectivity index (χ1v) is 9.94. The van der Waals surface area contributed by atoms with Crippen molar-refractivity contribution in [1.29, 1.82) is 0 Å². The number of hydrogen-bond acceptors (Lipinski definition) is 3. The predicted octanol–water partition coefficient (Wildman–Crippen LogP) is 3.54. The highest BCUT2D eigenvalue weighted by Gasteiger charge is 2.28. The van der Waals surface area contributed by atoms with E-state index in [1.807, 2.05) is 30.1 Å². The van der Waals surface area contributed by atoms with Gasteiger partial charge < -0.3 is 15.1 Å². The Morgan fingerprint density at radius 3 is 2.85 bits per heavy atom. The summed E-state index contributed by atoms with van der Waals surface area (Å²) in [5.41, 5.74) is 0. The van der Waals surface area contributed by atoms with Gasteiger partial charge in [-0.05, 0) is 31.6 Å². The molecule has 1 aliphatic heterocycles. The summed E-state index contributed by atoms with van der Waals surface area (Å²) in [5.74, 6) is 5.60. The van der Waals surface area contributed by atoms with Crippen molar-refractivity contribution >= 4 is 11.9 Å². The maximum Gasteiger partial charge on any atom is 0.303 e. The number of likely N-dealkylation sites (tertiary alicyclic amines) is 1. The van der Waals surface area contributed by atoms with Crippen LogP contribution in [0.3, 0.4) is 0 Å². The number of amides is 1. The molecule has 0 aromatic rings. The second-order valence-electron chi connectivity index (χ2n) is 7.07. The zero-order valence-electron chi connectivity index (χ0n) is 16.6. The van der Waals surface area contributed by atoms with E-state index in [2.05, 4.69) is 18.8 Å². The fourth-order valence-corrected chi connectivity index (χ4v) is 2.87. The number of carboxylic acid groups (broad SMARTS) is 1. The van der Waals surface area contributed by atoms with E-state index in [1.165, 1.54) is 0 Å². The van der Waals surface area contributed by atoms with Gasteiger partial charge in [-0.15, -0.1) is 11.8 Å². The number of rotatable bonds is 11. The minimum Gasteiger partial charge on any atom is -0.481 e. The first kappa shape index (κ1) is 23.0. The van der Waals surface area contributed by atoms with Crippen LogP contribution in [0.15, 0.2) is 24.3 Å². The van der Waals surface area contributed by atoms with Gasteiger partial charge in [0, 0.05) is 32.2 Å². The summed E-state index contributed by atoms with van der Waals surface area (Å²) in [5, 5.41) is 18.9. The Balaban J connectivity index is 2.46. The standard InChI is InChI=1S/C22H33NO4/c1-3-4-5-8-11-18(2)20(24)15-13-19-14-16-21(25)23(19)17-10-7-6-9-12-22(26)27/h7,10,13,15,18-20,24H,3-4,6,9,11-12,14,16-17H2,1-2H3,(H,26,27)/b10-7+,15-13+/t18-,19-,20+/m0/s1. The monoisotopic (exact) mass is 375 g/mol. The second kappa shape index (κ2) is 13.2. The number of carbonyl (C=O) groups is 2. The minimum atomic E-state index is -0.785. The lowest BCUT2D eigenvalue weighted by molar-refractivity contribution is -0.137. The molecular weight excluding hydrogens is 342 g/mol. The van der Waals surface area contributed by atoms with Crippen LogP contribution in [0.25, 0.3) is 0 Å².